The largest absolute Gasteiger partial charge is 0.456 e. The molecule has 0 fully saturated rings. The molecular weight excluding hydrogens is 359 g/mol. The van der Waals surface area contributed by atoms with E-state index in [-0.39, 0.29) is 35.2 Å². The second-order valence-corrected chi connectivity index (χ2v) is 6.08. The number of allylic oxidation sites excluding steroid dienone is 1. The number of carbonyl (C=O) groups is 2. The molecule has 1 aliphatic rings. The summed E-state index contributed by atoms with van der Waals surface area (Å²) in [6, 6.07) is 8.67. The number of nitrogens with zero attached hydrogens (tertiary/aromatic N) is 1. The third-order valence-electron chi connectivity index (χ3n) is 3.59. The molecule has 132 valence electrons. The van der Waals surface area contributed by atoms with Crippen LogP contribution in [0.25, 0.3) is 0 Å². The van der Waals surface area contributed by atoms with Gasteiger partial charge in [-0.15, -0.1) is 0 Å². The molecule has 0 radical (unpaired) electrons. The highest BCUT2D eigenvalue weighted by Gasteiger charge is 2.17. The van der Waals surface area contributed by atoms with Crippen molar-refractivity contribution in [3.63, 3.8) is 0 Å². The van der Waals surface area contributed by atoms with Crippen molar-refractivity contribution in [1.82, 2.24) is 5.32 Å². The van der Waals surface area contributed by atoms with Crippen LogP contribution in [0.5, 0.6) is 11.5 Å². The molecule has 0 unspecified atom stereocenters. The van der Waals surface area contributed by atoms with Gasteiger partial charge in [0.25, 0.3) is 5.91 Å². The van der Waals surface area contributed by atoms with Gasteiger partial charge in [-0.3, -0.25) is 14.6 Å². The first-order valence-corrected chi connectivity index (χ1v) is 8.09. The molecule has 0 aromatic heterocycles. The Morgan fingerprint density at radius 3 is 2.73 bits per heavy atom. The summed E-state index contributed by atoms with van der Waals surface area (Å²) in [7, 11) is 0. The van der Waals surface area contributed by atoms with Crippen LogP contribution < -0.4 is 10.1 Å². The number of hydrogen-bond donors (Lipinski definition) is 1. The Labute approximate surface area is 154 Å². The minimum atomic E-state index is -0.505. The summed E-state index contributed by atoms with van der Waals surface area (Å²) in [6.45, 7) is 1.76. The first-order chi connectivity index (χ1) is 12.4. The number of dihydropyridines is 1. The Morgan fingerprint density at radius 1 is 1.23 bits per heavy atom. The fraction of sp³-hybridized carbons (Fsp3) is 0.105. The summed E-state index contributed by atoms with van der Waals surface area (Å²) in [6.07, 6.45) is 2.72. The number of ketones is 1. The van der Waals surface area contributed by atoms with Crippen LogP contribution in [0.3, 0.4) is 0 Å². The number of halogens is 2. The lowest BCUT2D eigenvalue weighted by Crippen LogP contribution is -2.26. The van der Waals surface area contributed by atoms with Crippen molar-refractivity contribution in [2.24, 2.45) is 4.99 Å². The lowest BCUT2D eigenvalue weighted by Gasteiger charge is -2.14. The standard InChI is InChI=1S/C19H14ClFN2O3/c1-11-6-13(21)3-5-17(11)26-18-4-2-12(20)7-16(18)19(25)23-14-8-15(24)10-22-9-14/h2-9H,10H2,1H3,(H,23,25). The maximum Gasteiger partial charge on any atom is 0.259 e. The zero-order valence-electron chi connectivity index (χ0n) is 13.8. The Kier molecular flexibility index (Phi) is 5.14. The van der Waals surface area contributed by atoms with Crippen molar-refractivity contribution in [3.05, 3.63) is 70.1 Å². The van der Waals surface area contributed by atoms with Gasteiger partial charge in [-0.25, -0.2) is 4.39 Å². The van der Waals surface area contributed by atoms with E-state index in [2.05, 4.69) is 10.3 Å². The average Bonchev–Trinajstić information content (AvgIpc) is 2.58. The molecule has 1 amide bonds. The second-order valence-electron chi connectivity index (χ2n) is 5.64. The van der Waals surface area contributed by atoms with E-state index in [9.17, 15) is 14.0 Å². The zero-order chi connectivity index (χ0) is 18.7. The predicted octanol–water partition coefficient (Wildman–Crippen LogP) is 3.85. The van der Waals surface area contributed by atoms with Gasteiger partial charge in [0.2, 0.25) is 0 Å². The van der Waals surface area contributed by atoms with E-state index in [0.717, 1.165) is 0 Å². The SMILES string of the molecule is Cc1cc(F)ccc1Oc1ccc(Cl)cc1C(=O)NC1=CC(=O)CN=C1. The normalized spacial score (nSPS) is 13.3. The van der Waals surface area contributed by atoms with Gasteiger partial charge in [-0.2, -0.15) is 0 Å². The highest BCUT2D eigenvalue weighted by atomic mass is 35.5. The fourth-order valence-corrected chi connectivity index (χ4v) is 2.54. The molecule has 0 spiro atoms. The first kappa shape index (κ1) is 17.8. The highest BCUT2D eigenvalue weighted by molar-refractivity contribution is 6.31. The number of carbonyl (C=O) groups excluding carboxylic acids is 2. The number of aliphatic imine (C=N–C) groups is 1. The maximum absolute atomic E-state index is 13.3. The highest BCUT2D eigenvalue weighted by Crippen LogP contribution is 2.30. The van der Waals surface area contributed by atoms with Gasteiger partial charge in [-0.1, -0.05) is 11.6 Å². The number of rotatable bonds is 4. The van der Waals surface area contributed by atoms with Crippen molar-refractivity contribution < 1.29 is 18.7 Å². The maximum atomic E-state index is 13.3. The van der Waals surface area contributed by atoms with E-state index in [1.54, 1.807) is 19.1 Å². The Bertz CT molecular complexity index is 954. The molecule has 3 rings (SSSR count). The summed E-state index contributed by atoms with van der Waals surface area (Å²) in [5.41, 5.74) is 1.04. The summed E-state index contributed by atoms with van der Waals surface area (Å²) in [5, 5.41) is 2.94. The van der Waals surface area contributed by atoms with E-state index in [1.165, 1.54) is 36.6 Å². The zero-order valence-corrected chi connectivity index (χ0v) is 14.5. The monoisotopic (exact) mass is 372 g/mol. The number of hydrogen-bond acceptors (Lipinski definition) is 4. The number of benzene rings is 2. The van der Waals surface area contributed by atoms with Crippen molar-refractivity contribution in [2.75, 3.05) is 6.54 Å². The van der Waals surface area contributed by atoms with Crippen LogP contribution in [0, 0.1) is 12.7 Å². The molecule has 1 N–H and O–H groups in total. The second kappa shape index (κ2) is 7.49. The van der Waals surface area contributed by atoms with Gasteiger partial charge < -0.3 is 10.1 Å². The Morgan fingerprint density at radius 2 is 2.00 bits per heavy atom. The smallest absolute Gasteiger partial charge is 0.259 e. The van der Waals surface area contributed by atoms with E-state index < -0.39 is 5.91 Å². The third kappa shape index (κ3) is 4.15. The van der Waals surface area contributed by atoms with Crippen LogP contribution in [0.15, 0.2) is 53.2 Å². The summed E-state index contributed by atoms with van der Waals surface area (Å²) in [5.74, 6) is -0.420. The quantitative estimate of drug-likeness (QED) is 0.886. The third-order valence-corrected chi connectivity index (χ3v) is 3.83. The molecule has 26 heavy (non-hydrogen) atoms. The number of nitrogens with one attached hydrogen (secondary N) is 1. The molecule has 0 saturated carbocycles. The van der Waals surface area contributed by atoms with Gasteiger partial charge in [0, 0.05) is 17.3 Å². The average molecular weight is 373 g/mol. The van der Waals surface area contributed by atoms with Crippen molar-refractivity contribution >= 4 is 29.5 Å². The molecular formula is C19H14ClFN2O3. The van der Waals surface area contributed by atoms with Crippen LogP contribution in [0.4, 0.5) is 4.39 Å². The number of amides is 1. The van der Waals surface area contributed by atoms with Crippen LogP contribution in [-0.2, 0) is 4.79 Å². The van der Waals surface area contributed by atoms with Gasteiger partial charge in [0.1, 0.15) is 23.9 Å². The number of ether oxygens (including phenoxy) is 1. The van der Waals surface area contributed by atoms with E-state index in [1.807, 2.05) is 0 Å². The van der Waals surface area contributed by atoms with Crippen LogP contribution in [0.2, 0.25) is 5.02 Å². The summed E-state index contributed by atoms with van der Waals surface area (Å²) >= 11 is 6.00. The molecule has 0 atom stereocenters. The minimum Gasteiger partial charge on any atom is -0.456 e. The minimum absolute atomic E-state index is 0.0642. The lowest BCUT2D eigenvalue weighted by molar-refractivity contribution is -0.113. The van der Waals surface area contributed by atoms with Gasteiger partial charge in [0.05, 0.1) is 11.3 Å². The molecule has 0 bridgehead atoms. The van der Waals surface area contributed by atoms with Crippen molar-refractivity contribution in [2.45, 2.75) is 6.92 Å². The molecule has 2 aromatic rings. The molecule has 1 aliphatic heterocycles. The van der Waals surface area contributed by atoms with Crippen LogP contribution in [0.1, 0.15) is 15.9 Å². The lowest BCUT2D eigenvalue weighted by atomic mass is 10.1. The number of aryl methyl sites for hydroxylation is 1. The Hall–Kier alpha value is -2.99. The van der Waals surface area contributed by atoms with Gasteiger partial charge in [-0.05, 0) is 48.9 Å². The molecule has 1 heterocycles. The van der Waals surface area contributed by atoms with Crippen LogP contribution >= 0.6 is 11.6 Å². The van der Waals surface area contributed by atoms with E-state index >= 15 is 0 Å². The van der Waals surface area contributed by atoms with Crippen LogP contribution in [-0.4, -0.2) is 24.4 Å². The first-order valence-electron chi connectivity index (χ1n) is 7.71. The van der Waals surface area contributed by atoms with Crippen molar-refractivity contribution in [3.8, 4) is 11.5 Å². The summed E-state index contributed by atoms with van der Waals surface area (Å²) in [4.78, 5) is 27.9. The van der Waals surface area contributed by atoms with Crippen molar-refractivity contribution in [1.29, 1.82) is 0 Å². The Balaban J connectivity index is 1.89. The molecule has 0 aliphatic carbocycles. The molecule has 2 aromatic carbocycles. The molecule has 5 nitrogen and oxygen atoms in total. The fourth-order valence-electron chi connectivity index (χ4n) is 2.37. The molecule has 0 saturated heterocycles. The van der Waals surface area contributed by atoms with E-state index in [0.29, 0.717) is 16.3 Å². The predicted molar refractivity (Wildman–Crippen MR) is 96.6 cm³/mol. The van der Waals surface area contributed by atoms with Gasteiger partial charge in [0.15, 0.2) is 5.78 Å². The topological polar surface area (TPSA) is 67.8 Å². The summed E-state index contributed by atoms with van der Waals surface area (Å²) < 4.78 is 19.0. The molecule has 7 heteroatoms. The van der Waals surface area contributed by atoms with E-state index in [4.69, 9.17) is 16.3 Å². The van der Waals surface area contributed by atoms with Gasteiger partial charge >= 0.3 is 0 Å².